The number of allylic oxidation sites excluding steroid dienone is 1. The van der Waals surface area contributed by atoms with Crippen molar-refractivity contribution in [3.05, 3.63) is 23.3 Å². The third-order valence-corrected chi connectivity index (χ3v) is 12.4. The number of aliphatic hydroxyl groups excluding tert-OH is 2. The van der Waals surface area contributed by atoms with Gasteiger partial charge in [0.1, 0.15) is 11.7 Å². The summed E-state index contributed by atoms with van der Waals surface area (Å²) in [7, 11) is 0. The highest BCUT2D eigenvalue weighted by Gasteiger charge is 2.83. The standard InChI is InChI=1S/C38H60O8/c1-9-10-11-12-13-14-15-16-17-18-29(40)46-37-21-25(5)36-20-24(4)33(45-34(43)26(6)23(2)3)38(36,44)31(41)27(22-39)19-28(32(36)42)30(37)35(37,7)8/h19-20,23,25-26,28,30-31,33,39,41,44H,9-18,21-22H2,1-8H3/t25-,26?,28+,30-,31-,33+,36+,37+,38+/m1/s1. The number of carbonyl (C=O) groups is 3. The summed E-state index contributed by atoms with van der Waals surface area (Å²) in [5.74, 6) is -3.39. The van der Waals surface area contributed by atoms with Crippen LogP contribution in [0.3, 0.4) is 0 Å². The van der Waals surface area contributed by atoms with Gasteiger partial charge in [0, 0.05) is 23.7 Å². The molecule has 0 heterocycles. The zero-order valence-electron chi connectivity index (χ0n) is 29.6. The van der Waals surface area contributed by atoms with Gasteiger partial charge in [-0.3, -0.25) is 14.4 Å². The number of unbranched alkanes of at least 4 members (excludes halogenated alkanes) is 8. The van der Waals surface area contributed by atoms with E-state index in [-0.39, 0.29) is 23.2 Å². The first kappa shape index (κ1) is 36.8. The van der Waals surface area contributed by atoms with Gasteiger partial charge in [0.25, 0.3) is 0 Å². The van der Waals surface area contributed by atoms with Crippen LogP contribution in [0, 0.1) is 40.4 Å². The lowest BCUT2D eigenvalue weighted by Crippen LogP contribution is -2.66. The van der Waals surface area contributed by atoms with E-state index in [4.69, 9.17) is 9.47 Å². The highest BCUT2D eigenvalue weighted by atomic mass is 16.6. The molecule has 2 bridgehead atoms. The van der Waals surface area contributed by atoms with Gasteiger partial charge in [0.15, 0.2) is 17.5 Å². The van der Waals surface area contributed by atoms with E-state index in [0.717, 1.165) is 19.3 Å². The maximum atomic E-state index is 14.9. The zero-order valence-corrected chi connectivity index (χ0v) is 29.6. The second kappa shape index (κ2) is 13.8. The molecule has 3 N–H and O–H groups in total. The van der Waals surface area contributed by atoms with Gasteiger partial charge in [0.05, 0.1) is 17.9 Å². The van der Waals surface area contributed by atoms with Crippen molar-refractivity contribution in [2.24, 2.45) is 40.4 Å². The third kappa shape index (κ3) is 5.83. The van der Waals surface area contributed by atoms with Gasteiger partial charge in [0.2, 0.25) is 0 Å². The van der Waals surface area contributed by atoms with Crippen LogP contribution in [0.2, 0.25) is 0 Å². The Morgan fingerprint density at radius 3 is 2.17 bits per heavy atom. The van der Waals surface area contributed by atoms with Crippen LogP contribution in [0.5, 0.6) is 0 Å². The van der Waals surface area contributed by atoms with Crippen LogP contribution in [0.4, 0.5) is 0 Å². The Morgan fingerprint density at radius 1 is 1.02 bits per heavy atom. The lowest BCUT2D eigenvalue weighted by molar-refractivity contribution is -0.206. The molecule has 1 spiro atoms. The summed E-state index contributed by atoms with van der Waals surface area (Å²) >= 11 is 0. The molecule has 0 amide bonds. The molecule has 4 aliphatic rings. The normalized spacial score (nSPS) is 36.5. The van der Waals surface area contributed by atoms with Crippen LogP contribution < -0.4 is 0 Å². The summed E-state index contributed by atoms with van der Waals surface area (Å²) in [6.07, 6.45) is 11.3. The molecule has 46 heavy (non-hydrogen) atoms. The van der Waals surface area contributed by atoms with Crippen molar-refractivity contribution in [1.82, 2.24) is 0 Å². The molecule has 260 valence electrons. The minimum Gasteiger partial charge on any atom is -0.458 e. The Labute approximate surface area is 276 Å². The second-order valence-corrected chi connectivity index (χ2v) is 15.9. The Kier molecular flexibility index (Phi) is 11.1. The van der Waals surface area contributed by atoms with E-state index in [0.29, 0.717) is 18.4 Å². The number of rotatable bonds is 15. The molecule has 2 fully saturated rings. The summed E-state index contributed by atoms with van der Waals surface area (Å²) in [5.41, 5.74) is -4.77. The maximum Gasteiger partial charge on any atom is 0.309 e. The number of hydrogen-bond donors (Lipinski definition) is 3. The minimum absolute atomic E-state index is 0.0176. The molecule has 0 aromatic heterocycles. The van der Waals surface area contributed by atoms with E-state index in [1.165, 1.54) is 38.5 Å². The van der Waals surface area contributed by atoms with Crippen molar-refractivity contribution in [1.29, 1.82) is 0 Å². The van der Waals surface area contributed by atoms with Gasteiger partial charge in [-0.2, -0.15) is 0 Å². The van der Waals surface area contributed by atoms with Gasteiger partial charge < -0.3 is 24.8 Å². The van der Waals surface area contributed by atoms with Crippen molar-refractivity contribution in [2.75, 3.05) is 6.61 Å². The lowest BCUT2D eigenvalue weighted by Gasteiger charge is -2.49. The topological polar surface area (TPSA) is 130 Å². The van der Waals surface area contributed by atoms with Gasteiger partial charge in [-0.15, -0.1) is 0 Å². The average molecular weight is 645 g/mol. The molecular weight excluding hydrogens is 584 g/mol. The number of Topliss-reactive ketones (excluding diaryl/α,β-unsaturated/α-hetero) is 1. The number of esters is 2. The summed E-state index contributed by atoms with van der Waals surface area (Å²) in [4.78, 5) is 41.5. The second-order valence-electron chi connectivity index (χ2n) is 15.9. The van der Waals surface area contributed by atoms with Crippen LogP contribution in [-0.4, -0.2) is 63.1 Å². The minimum atomic E-state index is -2.24. The van der Waals surface area contributed by atoms with Gasteiger partial charge in [-0.25, -0.2) is 0 Å². The molecule has 8 heteroatoms. The highest BCUT2D eigenvalue weighted by Crippen LogP contribution is 2.75. The van der Waals surface area contributed by atoms with Crippen molar-refractivity contribution in [3.63, 3.8) is 0 Å². The quantitative estimate of drug-likeness (QED) is 0.108. The molecule has 4 aliphatic carbocycles. The molecule has 9 atom stereocenters. The van der Waals surface area contributed by atoms with Crippen molar-refractivity contribution in [3.8, 4) is 0 Å². The van der Waals surface area contributed by atoms with Crippen LogP contribution in [0.25, 0.3) is 0 Å². The summed E-state index contributed by atoms with van der Waals surface area (Å²) < 4.78 is 12.4. The fourth-order valence-corrected chi connectivity index (χ4v) is 9.22. The smallest absolute Gasteiger partial charge is 0.309 e. The van der Waals surface area contributed by atoms with Crippen molar-refractivity contribution in [2.45, 2.75) is 149 Å². The Bertz CT molecular complexity index is 1220. The van der Waals surface area contributed by atoms with E-state index in [1.54, 1.807) is 26.0 Å². The predicted molar refractivity (Wildman–Crippen MR) is 176 cm³/mol. The molecule has 0 radical (unpaired) electrons. The Balaban J connectivity index is 1.60. The molecule has 8 nitrogen and oxygen atoms in total. The average Bonchev–Trinajstić information content (AvgIpc) is 3.40. The maximum absolute atomic E-state index is 14.9. The highest BCUT2D eigenvalue weighted by molar-refractivity contribution is 5.96. The van der Waals surface area contributed by atoms with Crippen LogP contribution in [0.1, 0.15) is 126 Å². The molecular formula is C38H60O8. The first-order chi connectivity index (χ1) is 21.6. The molecule has 0 saturated heterocycles. The van der Waals surface area contributed by atoms with E-state index in [2.05, 4.69) is 6.92 Å². The predicted octanol–water partition coefficient (Wildman–Crippen LogP) is 6.24. The lowest BCUT2D eigenvalue weighted by atomic mass is 9.59. The van der Waals surface area contributed by atoms with E-state index in [1.807, 2.05) is 34.6 Å². The molecule has 1 unspecified atom stereocenters. The number of carbonyl (C=O) groups excluding carboxylic acids is 3. The van der Waals surface area contributed by atoms with Crippen LogP contribution >= 0.6 is 0 Å². The summed E-state index contributed by atoms with van der Waals surface area (Å²) in [5, 5.41) is 35.0. The molecule has 2 saturated carbocycles. The Morgan fingerprint density at radius 2 is 1.61 bits per heavy atom. The molecule has 4 rings (SSSR count). The zero-order chi connectivity index (χ0) is 34.2. The van der Waals surface area contributed by atoms with Crippen molar-refractivity contribution >= 4 is 17.7 Å². The fourth-order valence-electron chi connectivity index (χ4n) is 9.22. The number of fused-ring (bicyclic) bond motifs is 3. The fraction of sp³-hybridized carbons (Fsp3) is 0.816. The number of ketones is 1. The van der Waals surface area contributed by atoms with E-state index < -0.39 is 70.5 Å². The molecule has 0 aromatic rings. The largest absolute Gasteiger partial charge is 0.458 e. The van der Waals surface area contributed by atoms with Crippen molar-refractivity contribution < 1.29 is 39.2 Å². The van der Waals surface area contributed by atoms with Gasteiger partial charge in [-0.1, -0.05) is 112 Å². The Hall–Kier alpha value is -2.03. The molecule has 0 aromatic carbocycles. The van der Waals surface area contributed by atoms with Gasteiger partial charge >= 0.3 is 11.9 Å². The SMILES string of the molecule is CCCCCCCCCCCC(=O)O[C@@]12C[C@@H](C)[C@]34C=C(C)[C@H](OC(=O)C(C)C(C)C)[C@@]3(O)[C@H](O)C(CO)=C[C@H](C4=O)[C@@H]1C2(C)C. The van der Waals surface area contributed by atoms with Gasteiger partial charge in [-0.05, 0) is 42.7 Å². The third-order valence-electron chi connectivity index (χ3n) is 12.4. The molecule has 0 aliphatic heterocycles. The first-order valence-corrected chi connectivity index (χ1v) is 18.0. The summed E-state index contributed by atoms with van der Waals surface area (Å²) in [6.45, 7) is 14.8. The number of hydrogen-bond acceptors (Lipinski definition) is 8. The number of ether oxygens (including phenoxy) is 2. The van der Waals surface area contributed by atoms with Crippen LogP contribution in [0.15, 0.2) is 23.3 Å². The monoisotopic (exact) mass is 644 g/mol. The van der Waals surface area contributed by atoms with E-state index in [9.17, 15) is 29.7 Å². The number of aliphatic hydroxyl groups is 3. The summed E-state index contributed by atoms with van der Waals surface area (Å²) in [6, 6.07) is 0. The van der Waals surface area contributed by atoms with E-state index >= 15 is 0 Å². The first-order valence-electron chi connectivity index (χ1n) is 18.0. The van der Waals surface area contributed by atoms with Crippen LogP contribution in [-0.2, 0) is 23.9 Å².